The lowest BCUT2D eigenvalue weighted by Gasteiger charge is -2.03. The molecule has 0 aromatic heterocycles. The Hall–Kier alpha value is -0.940. The highest BCUT2D eigenvalue weighted by atomic mass is 79.9. The zero-order valence-electron chi connectivity index (χ0n) is 6.55. The second-order valence-electron chi connectivity index (χ2n) is 2.41. The van der Waals surface area contributed by atoms with E-state index < -0.39 is 17.3 Å². The third-order valence-corrected chi connectivity index (χ3v) is 2.13. The van der Waals surface area contributed by atoms with Crippen LogP contribution in [0, 0.1) is 5.82 Å². The van der Waals surface area contributed by atoms with Crippen molar-refractivity contribution in [2.75, 3.05) is 6.54 Å². The van der Waals surface area contributed by atoms with Gasteiger partial charge in [0.2, 0.25) is 0 Å². The van der Waals surface area contributed by atoms with Crippen LogP contribution in [0.15, 0.2) is 16.6 Å². The molecule has 5 heteroatoms. The molecule has 0 radical (unpaired) electrons. The number of hydrogen-bond donors (Lipinski definition) is 2. The highest BCUT2D eigenvalue weighted by molar-refractivity contribution is 9.10. The monoisotopic (exact) mass is 247 g/mol. The number of ketones is 1. The Morgan fingerprint density at radius 3 is 2.77 bits per heavy atom. The van der Waals surface area contributed by atoms with Gasteiger partial charge >= 0.3 is 0 Å². The van der Waals surface area contributed by atoms with E-state index in [0.29, 0.717) is 0 Å². The third-order valence-electron chi connectivity index (χ3n) is 1.52. The number of carbonyl (C=O) groups is 1. The Kier molecular flexibility index (Phi) is 3.00. The number of carbonyl (C=O) groups excluding carboxylic acids is 1. The van der Waals surface area contributed by atoms with E-state index in [4.69, 9.17) is 5.73 Å². The number of aromatic hydroxyl groups is 1. The van der Waals surface area contributed by atoms with Gasteiger partial charge < -0.3 is 10.8 Å². The van der Waals surface area contributed by atoms with E-state index in [1.54, 1.807) is 0 Å². The molecule has 70 valence electrons. The number of benzene rings is 1. The van der Waals surface area contributed by atoms with Gasteiger partial charge in [0.15, 0.2) is 5.78 Å². The fraction of sp³-hybridized carbons (Fsp3) is 0.125. The van der Waals surface area contributed by atoms with Crippen LogP contribution in [0.25, 0.3) is 0 Å². The zero-order chi connectivity index (χ0) is 10.0. The minimum Gasteiger partial charge on any atom is -0.507 e. The summed E-state index contributed by atoms with van der Waals surface area (Å²) in [5.74, 6) is -1.44. The first-order valence-corrected chi connectivity index (χ1v) is 4.27. The molecular formula is C8H7BrFNO2. The van der Waals surface area contributed by atoms with Gasteiger partial charge in [0, 0.05) is 6.07 Å². The van der Waals surface area contributed by atoms with Gasteiger partial charge in [-0.3, -0.25) is 4.79 Å². The summed E-state index contributed by atoms with van der Waals surface area (Å²) >= 11 is 2.90. The first-order valence-electron chi connectivity index (χ1n) is 3.47. The average Bonchev–Trinajstić information content (AvgIpc) is 2.10. The second kappa shape index (κ2) is 3.85. The molecule has 0 heterocycles. The molecule has 0 aliphatic heterocycles. The first-order chi connectivity index (χ1) is 6.06. The lowest BCUT2D eigenvalue weighted by molar-refractivity contribution is 0.0998. The van der Waals surface area contributed by atoms with Gasteiger partial charge in [-0.05, 0) is 22.0 Å². The summed E-state index contributed by atoms with van der Waals surface area (Å²) in [4.78, 5) is 11.1. The Morgan fingerprint density at radius 1 is 1.62 bits per heavy atom. The van der Waals surface area contributed by atoms with Gasteiger partial charge in [-0.15, -0.1) is 0 Å². The SMILES string of the molecule is NCC(=O)c1cc(Br)c(F)cc1O. The van der Waals surface area contributed by atoms with Crippen molar-refractivity contribution in [1.82, 2.24) is 0 Å². The highest BCUT2D eigenvalue weighted by Gasteiger charge is 2.12. The van der Waals surface area contributed by atoms with E-state index in [9.17, 15) is 14.3 Å². The predicted molar refractivity (Wildman–Crippen MR) is 49.1 cm³/mol. The number of nitrogens with two attached hydrogens (primary N) is 1. The minimum atomic E-state index is -0.619. The number of hydrogen-bond acceptors (Lipinski definition) is 3. The molecule has 3 N–H and O–H groups in total. The summed E-state index contributed by atoms with van der Waals surface area (Å²) in [5.41, 5.74) is 5.12. The normalized spacial score (nSPS) is 10.1. The van der Waals surface area contributed by atoms with Crippen molar-refractivity contribution in [1.29, 1.82) is 0 Å². The quantitative estimate of drug-likeness (QED) is 0.778. The van der Waals surface area contributed by atoms with Gasteiger partial charge in [0.1, 0.15) is 11.6 Å². The second-order valence-corrected chi connectivity index (χ2v) is 3.27. The lowest BCUT2D eigenvalue weighted by Crippen LogP contribution is -2.13. The predicted octanol–water partition coefficient (Wildman–Crippen LogP) is 1.44. The molecular weight excluding hydrogens is 241 g/mol. The molecule has 13 heavy (non-hydrogen) atoms. The maximum atomic E-state index is 12.8. The topological polar surface area (TPSA) is 63.3 Å². The molecule has 1 aromatic carbocycles. The number of phenolic OH excluding ortho intramolecular Hbond substituents is 1. The Labute approximate surface area is 82.5 Å². The van der Waals surface area contributed by atoms with Crippen molar-refractivity contribution in [2.45, 2.75) is 0 Å². The number of phenols is 1. The zero-order valence-corrected chi connectivity index (χ0v) is 8.14. The summed E-state index contributed by atoms with van der Waals surface area (Å²) in [5, 5.41) is 9.18. The molecule has 0 aliphatic rings. The molecule has 0 unspecified atom stereocenters. The van der Waals surface area contributed by atoms with Crippen LogP contribution in [0.4, 0.5) is 4.39 Å². The van der Waals surface area contributed by atoms with E-state index in [1.165, 1.54) is 6.07 Å². The molecule has 3 nitrogen and oxygen atoms in total. The van der Waals surface area contributed by atoms with E-state index >= 15 is 0 Å². The van der Waals surface area contributed by atoms with Gasteiger partial charge in [0.05, 0.1) is 16.6 Å². The van der Waals surface area contributed by atoms with Crippen molar-refractivity contribution in [3.05, 3.63) is 28.0 Å². The molecule has 1 aromatic rings. The van der Waals surface area contributed by atoms with Gasteiger partial charge in [-0.25, -0.2) is 4.39 Å². The van der Waals surface area contributed by atoms with Crippen LogP contribution in [0.1, 0.15) is 10.4 Å². The van der Waals surface area contributed by atoms with Crippen LogP contribution in [-0.4, -0.2) is 17.4 Å². The fourth-order valence-corrected chi connectivity index (χ4v) is 1.21. The Morgan fingerprint density at radius 2 is 2.23 bits per heavy atom. The minimum absolute atomic E-state index is 0.0239. The maximum Gasteiger partial charge on any atom is 0.180 e. The molecule has 0 bridgehead atoms. The van der Waals surface area contributed by atoms with Crippen LogP contribution in [0.3, 0.4) is 0 Å². The molecule has 1 rings (SSSR count). The van der Waals surface area contributed by atoms with Gasteiger partial charge in [-0.1, -0.05) is 0 Å². The van der Waals surface area contributed by atoms with Crippen molar-refractivity contribution in [3.8, 4) is 5.75 Å². The van der Waals surface area contributed by atoms with E-state index in [0.717, 1.165) is 6.07 Å². The van der Waals surface area contributed by atoms with E-state index in [1.807, 2.05) is 0 Å². The molecule has 0 amide bonds. The molecule has 0 atom stereocenters. The number of halogens is 2. The van der Waals surface area contributed by atoms with Crippen LogP contribution in [0.2, 0.25) is 0 Å². The van der Waals surface area contributed by atoms with Crippen LogP contribution < -0.4 is 5.73 Å². The molecule has 0 saturated heterocycles. The summed E-state index contributed by atoms with van der Waals surface area (Å²) in [6, 6.07) is 2.08. The lowest BCUT2D eigenvalue weighted by atomic mass is 10.1. The molecule has 0 saturated carbocycles. The summed E-state index contributed by atoms with van der Waals surface area (Å²) in [6.45, 7) is -0.217. The van der Waals surface area contributed by atoms with Gasteiger partial charge in [0.25, 0.3) is 0 Å². The van der Waals surface area contributed by atoms with Crippen molar-refractivity contribution in [3.63, 3.8) is 0 Å². The van der Waals surface area contributed by atoms with Crippen LogP contribution in [-0.2, 0) is 0 Å². The number of Topliss-reactive ketones (excluding diaryl/α,β-unsaturated/α-hetero) is 1. The van der Waals surface area contributed by atoms with Gasteiger partial charge in [-0.2, -0.15) is 0 Å². The Balaban J connectivity index is 3.23. The van der Waals surface area contributed by atoms with Crippen LogP contribution >= 0.6 is 15.9 Å². The average molecular weight is 248 g/mol. The van der Waals surface area contributed by atoms with E-state index in [2.05, 4.69) is 15.9 Å². The standard InChI is InChI=1S/C8H7BrFNO2/c9-5-1-4(8(13)3-11)7(12)2-6(5)10/h1-2,12H,3,11H2. The fourth-order valence-electron chi connectivity index (χ4n) is 0.870. The third kappa shape index (κ3) is 2.05. The largest absolute Gasteiger partial charge is 0.507 e. The summed E-state index contributed by atoms with van der Waals surface area (Å²) < 4.78 is 12.9. The smallest absolute Gasteiger partial charge is 0.180 e. The van der Waals surface area contributed by atoms with Crippen molar-refractivity contribution < 1.29 is 14.3 Å². The van der Waals surface area contributed by atoms with Crippen molar-refractivity contribution in [2.24, 2.45) is 5.73 Å². The summed E-state index contributed by atoms with van der Waals surface area (Å²) in [6.07, 6.45) is 0. The molecule has 0 fully saturated rings. The molecule has 0 aliphatic carbocycles. The Bertz CT molecular complexity index is 354. The van der Waals surface area contributed by atoms with Crippen LogP contribution in [0.5, 0.6) is 5.75 Å². The highest BCUT2D eigenvalue weighted by Crippen LogP contribution is 2.25. The summed E-state index contributed by atoms with van der Waals surface area (Å²) in [7, 11) is 0. The molecule has 0 spiro atoms. The van der Waals surface area contributed by atoms with Crippen molar-refractivity contribution >= 4 is 21.7 Å². The first kappa shape index (κ1) is 10.1. The maximum absolute atomic E-state index is 12.8. The number of rotatable bonds is 2. The van der Waals surface area contributed by atoms with E-state index in [-0.39, 0.29) is 16.6 Å².